The second-order valence-electron chi connectivity index (χ2n) is 12.6. The predicted octanol–water partition coefficient (Wildman–Crippen LogP) is 8.68. The van der Waals surface area contributed by atoms with Gasteiger partial charge in [0.25, 0.3) is 0 Å². The van der Waals surface area contributed by atoms with Gasteiger partial charge < -0.3 is 9.47 Å². The zero-order valence-electron chi connectivity index (χ0n) is 23.1. The molecular formula is C32H52O2. The second kappa shape index (κ2) is 10.6. The maximum atomic E-state index is 6.56. The zero-order valence-corrected chi connectivity index (χ0v) is 23.1. The van der Waals surface area contributed by atoms with Crippen molar-refractivity contribution in [2.45, 2.75) is 117 Å². The fourth-order valence-electron chi connectivity index (χ4n) is 8.35. The fraction of sp³-hybridized carbons (Fsp3) is 0.812. The molecule has 2 nitrogen and oxygen atoms in total. The van der Waals surface area contributed by atoms with Crippen LogP contribution >= 0.6 is 0 Å². The summed E-state index contributed by atoms with van der Waals surface area (Å²) in [6.07, 6.45) is 19.5. The highest BCUT2D eigenvalue weighted by Gasteiger charge is 2.52. The molecular weight excluding hydrogens is 416 g/mol. The molecule has 0 bridgehead atoms. The van der Waals surface area contributed by atoms with Gasteiger partial charge in [-0.3, -0.25) is 0 Å². The van der Waals surface area contributed by atoms with Crippen LogP contribution in [0.2, 0.25) is 0 Å². The van der Waals surface area contributed by atoms with Crippen LogP contribution in [0.25, 0.3) is 0 Å². The van der Waals surface area contributed by atoms with E-state index in [-0.39, 0.29) is 6.10 Å². The third-order valence-corrected chi connectivity index (χ3v) is 11.1. The molecule has 2 heteroatoms. The third-order valence-electron chi connectivity index (χ3n) is 11.1. The topological polar surface area (TPSA) is 18.5 Å². The summed E-state index contributed by atoms with van der Waals surface area (Å²) < 4.78 is 12.3. The van der Waals surface area contributed by atoms with Crippen molar-refractivity contribution in [2.75, 3.05) is 13.7 Å². The van der Waals surface area contributed by atoms with Gasteiger partial charge in [0.05, 0.1) is 12.2 Å². The summed E-state index contributed by atoms with van der Waals surface area (Å²) >= 11 is 0. The number of methoxy groups -OCH3 is 1. The summed E-state index contributed by atoms with van der Waals surface area (Å²) in [5.41, 5.74) is 5.56. The van der Waals surface area contributed by atoms with Crippen LogP contribution in [0.15, 0.2) is 35.5 Å². The molecule has 0 aromatic carbocycles. The summed E-state index contributed by atoms with van der Waals surface area (Å²) in [6, 6.07) is 0. The van der Waals surface area contributed by atoms with Gasteiger partial charge in [-0.2, -0.15) is 0 Å². The Hall–Kier alpha value is -0.860. The lowest BCUT2D eigenvalue weighted by molar-refractivity contribution is -0.0305. The maximum absolute atomic E-state index is 6.56. The Kier molecular flexibility index (Phi) is 8.20. The van der Waals surface area contributed by atoms with Gasteiger partial charge in [-0.15, -0.1) is 0 Å². The van der Waals surface area contributed by atoms with Crippen molar-refractivity contribution in [1.29, 1.82) is 0 Å². The Morgan fingerprint density at radius 2 is 1.94 bits per heavy atom. The quantitative estimate of drug-likeness (QED) is 0.315. The summed E-state index contributed by atoms with van der Waals surface area (Å²) in [6.45, 7) is 17.3. The molecule has 4 aliphatic carbocycles. The first kappa shape index (κ1) is 26.2. The van der Waals surface area contributed by atoms with Crippen molar-refractivity contribution >= 4 is 0 Å². The molecule has 0 saturated heterocycles. The molecule has 0 amide bonds. The van der Waals surface area contributed by atoms with Gasteiger partial charge in [0.15, 0.2) is 0 Å². The average molecular weight is 469 g/mol. The number of hydrogen-bond donors (Lipinski definition) is 0. The van der Waals surface area contributed by atoms with Crippen LogP contribution in [0, 0.1) is 34.5 Å². The first-order valence-electron chi connectivity index (χ1n) is 14.5. The molecule has 0 aromatic heterocycles. The minimum Gasteiger partial charge on any atom is -0.378 e. The molecule has 4 fully saturated rings. The smallest absolute Gasteiger partial charge is 0.0818 e. The molecule has 0 N–H and O–H groups in total. The maximum Gasteiger partial charge on any atom is 0.0818 e. The lowest BCUT2D eigenvalue weighted by atomic mass is 9.62. The van der Waals surface area contributed by atoms with E-state index in [1.54, 1.807) is 11.1 Å². The minimum atomic E-state index is 0.194. The van der Waals surface area contributed by atoms with E-state index in [0.29, 0.717) is 28.8 Å². The van der Waals surface area contributed by atoms with Gasteiger partial charge in [0, 0.05) is 13.7 Å². The monoisotopic (exact) mass is 468 g/mol. The Morgan fingerprint density at radius 3 is 2.59 bits per heavy atom. The molecule has 192 valence electrons. The van der Waals surface area contributed by atoms with Crippen molar-refractivity contribution in [1.82, 2.24) is 0 Å². The highest BCUT2D eigenvalue weighted by atomic mass is 16.5. The molecule has 4 rings (SSSR count). The van der Waals surface area contributed by atoms with Crippen LogP contribution in [0.5, 0.6) is 0 Å². The Labute approximate surface area is 210 Å². The van der Waals surface area contributed by atoms with Crippen LogP contribution in [0.1, 0.15) is 105 Å². The number of fused-ring (bicyclic) bond motifs is 1. The van der Waals surface area contributed by atoms with Crippen molar-refractivity contribution in [3.63, 3.8) is 0 Å². The predicted molar refractivity (Wildman–Crippen MR) is 144 cm³/mol. The summed E-state index contributed by atoms with van der Waals surface area (Å²) in [5, 5.41) is 0. The van der Waals surface area contributed by atoms with E-state index in [4.69, 9.17) is 9.47 Å². The highest BCUT2D eigenvalue weighted by Crippen LogP contribution is 2.59. The van der Waals surface area contributed by atoms with Crippen LogP contribution in [-0.4, -0.2) is 25.9 Å². The van der Waals surface area contributed by atoms with Crippen molar-refractivity contribution in [3.05, 3.63) is 35.5 Å². The molecule has 0 heterocycles. The van der Waals surface area contributed by atoms with Crippen LogP contribution < -0.4 is 0 Å². The average Bonchev–Trinajstić information content (AvgIpc) is 3.33. The standard InChI is InChI=1S/C32H52O2/c1-8-26-19-25(20-30(33-7)23(26)4)12-13-27-11-10-16-31(6)28(14-15-29(27)31)24(5)34-18-17-32(9-2)21-22(32)3/h12-13,22,24,26,28-30H,4,8-11,14-21H2,1-3,5-7H3. The van der Waals surface area contributed by atoms with Gasteiger partial charge in [-0.25, -0.2) is 0 Å². The minimum absolute atomic E-state index is 0.194. The third kappa shape index (κ3) is 5.01. The van der Waals surface area contributed by atoms with E-state index < -0.39 is 0 Å². The van der Waals surface area contributed by atoms with Crippen LogP contribution in [0.4, 0.5) is 0 Å². The lowest BCUT2D eigenvalue weighted by Crippen LogP contribution is -2.38. The number of rotatable bonds is 9. The van der Waals surface area contributed by atoms with E-state index in [1.807, 2.05) is 7.11 Å². The van der Waals surface area contributed by atoms with E-state index in [0.717, 1.165) is 37.7 Å². The second-order valence-corrected chi connectivity index (χ2v) is 12.6. The summed E-state index contributed by atoms with van der Waals surface area (Å²) in [5.74, 6) is 2.90. The Bertz CT molecular complexity index is 771. The van der Waals surface area contributed by atoms with Gasteiger partial charge >= 0.3 is 0 Å². The van der Waals surface area contributed by atoms with Crippen molar-refractivity contribution in [2.24, 2.45) is 34.5 Å². The number of allylic oxidation sites excluding steroid dienone is 3. The lowest BCUT2D eigenvalue weighted by Gasteiger charge is -2.44. The molecule has 0 aromatic rings. The van der Waals surface area contributed by atoms with Crippen molar-refractivity contribution < 1.29 is 9.47 Å². The van der Waals surface area contributed by atoms with Gasteiger partial charge in [0.1, 0.15) is 0 Å². The van der Waals surface area contributed by atoms with Crippen LogP contribution in [0.3, 0.4) is 0 Å². The van der Waals surface area contributed by atoms with Gasteiger partial charge in [-0.1, -0.05) is 64.0 Å². The molecule has 8 unspecified atom stereocenters. The van der Waals surface area contributed by atoms with E-state index in [9.17, 15) is 0 Å². The van der Waals surface area contributed by atoms with E-state index >= 15 is 0 Å². The van der Waals surface area contributed by atoms with E-state index in [1.165, 1.54) is 56.9 Å². The Balaban J connectivity index is 1.40. The van der Waals surface area contributed by atoms with Gasteiger partial charge in [-0.05, 0) is 111 Å². The first-order valence-corrected chi connectivity index (χ1v) is 14.5. The molecule has 4 saturated carbocycles. The first-order chi connectivity index (χ1) is 16.3. The Morgan fingerprint density at radius 1 is 1.18 bits per heavy atom. The molecule has 34 heavy (non-hydrogen) atoms. The molecule has 0 aliphatic heterocycles. The largest absolute Gasteiger partial charge is 0.378 e. The van der Waals surface area contributed by atoms with Gasteiger partial charge in [0.2, 0.25) is 0 Å². The van der Waals surface area contributed by atoms with E-state index in [2.05, 4.69) is 53.3 Å². The van der Waals surface area contributed by atoms with Crippen molar-refractivity contribution in [3.8, 4) is 0 Å². The number of ether oxygens (including phenoxy) is 2. The highest BCUT2D eigenvalue weighted by molar-refractivity contribution is 5.29. The summed E-state index contributed by atoms with van der Waals surface area (Å²) in [4.78, 5) is 0. The molecule has 0 radical (unpaired) electrons. The van der Waals surface area contributed by atoms with Crippen LogP contribution in [-0.2, 0) is 9.47 Å². The summed E-state index contributed by atoms with van der Waals surface area (Å²) in [7, 11) is 1.84. The fourth-order valence-corrected chi connectivity index (χ4v) is 8.35. The zero-order chi connectivity index (χ0) is 24.5. The molecule has 8 atom stereocenters. The number of hydrogen-bond acceptors (Lipinski definition) is 2. The SMILES string of the molecule is C=C1C(CC)CC(=CC=C2CCCC3(C)C2CCC3C(C)OCCC2(CC)CC2C)CC1OC. The normalized spacial score (nSPS) is 43.4. The molecule has 4 aliphatic rings. The molecule has 0 spiro atoms.